The zero-order valence-corrected chi connectivity index (χ0v) is 9.17. The lowest BCUT2D eigenvalue weighted by molar-refractivity contribution is 0.0427. The van der Waals surface area contributed by atoms with E-state index in [1.54, 1.807) is 18.2 Å². The van der Waals surface area contributed by atoms with E-state index >= 15 is 0 Å². The van der Waals surface area contributed by atoms with E-state index in [9.17, 15) is 4.57 Å². The molecule has 1 unspecified atom stereocenters. The van der Waals surface area contributed by atoms with Gasteiger partial charge in [-0.15, -0.1) is 0 Å². The second kappa shape index (κ2) is 4.43. The molecule has 0 saturated heterocycles. The van der Waals surface area contributed by atoms with Gasteiger partial charge in [-0.25, -0.2) is 4.57 Å². The molecule has 1 heterocycles. The van der Waals surface area contributed by atoms with Gasteiger partial charge < -0.3 is 19.3 Å². The summed E-state index contributed by atoms with van der Waals surface area (Å²) in [7, 11) is -4.45. The van der Waals surface area contributed by atoms with Crippen molar-refractivity contribution in [3.8, 4) is 11.5 Å². The number of hydrogen-bond acceptors (Lipinski definition) is 4. The van der Waals surface area contributed by atoms with E-state index in [0.717, 1.165) is 0 Å². The van der Waals surface area contributed by atoms with Crippen LogP contribution < -0.4 is 9.47 Å². The van der Waals surface area contributed by atoms with E-state index in [0.29, 0.717) is 11.5 Å². The standard InChI is InChI=1S/C9H11O6P/c10-16(11,12)14-6-7-5-13-8-3-1-2-4-9(8)15-7/h1-4,7H,5-6H2,(H2,10,11,12). The fourth-order valence-corrected chi connectivity index (χ4v) is 1.69. The van der Waals surface area contributed by atoms with Gasteiger partial charge in [0.15, 0.2) is 17.6 Å². The van der Waals surface area contributed by atoms with Gasteiger partial charge in [0.25, 0.3) is 0 Å². The molecule has 0 amide bonds. The van der Waals surface area contributed by atoms with Crippen molar-refractivity contribution in [1.82, 2.24) is 0 Å². The van der Waals surface area contributed by atoms with Gasteiger partial charge in [-0.3, -0.25) is 4.52 Å². The lowest BCUT2D eigenvalue weighted by Crippen LogP contribution is -2.33. The van der Waals surface area contributed by atoms with Crippen molar-refractivity contribution in [1.29, 1.82) is 0 Å². The predicted molar refractivity (Wildman–Crippen MR) is 54.3 cm³/mol. The lowest BCUT2D eigenvalue weighted by atomic mass is 10.3. The molecular formula is C9H11O6P. The highest BCUT2D eigenvalue weighted by molar-refractivity contribution is 7.46. The Morgan fingerprint density at radius 2 is 2.06 bits per heavy atom. The number of ether oxygens (including phenoxy) is 2. The third-order valence-corrected chi connectivity index (χ3v) is 2.48. The van der Waals surface area contributed by atoms with Gasteiger partial charge in [-0.05, 0) is 12.1 Å². The largest absolute Gasteiger partial charge is 0.486 e. The maximum absolute atomic E-state index is 10.5. The molecule has 2 rings (SSSR count). The summed E-state index contributed by atoms with van der Waals surface area (Å²) < 4.78 is 25.6. The fraction of sp³-hybridized carbons (Fsp3) is 0.333. The number of rotatable bonds is 3. The summed E-state index contributed by atoms with van der Waals surface area (Å²) in [6, 6.07) is 7.08. The van der Waals surface area contributed by atoms with E-state index in [4.69, 9.17) is 19.3 Å². The molecule has 0 saturated carbocycles. The first-order valence-electron chi connectivity index (χ1n) is 4.63. The molecule has 0 aromatic heterocycles. The topological polar surface area (TPSA) is 85.2 Å². The van der Waals surface area contributed by atoms with E-state index in [1.807, 2.05) is 6.07 Å². The number of fused-ring (bicyclic) bond motifs is 1. The smallest absolute Gasteiger partial charge is 0.469 e. The molecule has 0 radical (unpaired) electrons. The molecule has 0 aliphatic carbocycles. The first-order chi connectivity index (χ1) is 7.54. The monoisotopic (exact) mass is 246 g/mol. The molecule has 0 spiro atoms. The summed E-state index contributed by atoms with van der Waals surface area (Å²) in [5.74, 6) is 1.17. The molecule has 88 valence electrons. The molecule has 7 heteroatoms. The second-order valence-electron chi connectivity index (χ2n) is 3.28. The minimum Gasteiger partial charge on any atom is -0.486 e. The van der Waals surface area contributed by atoms with Gasteiger partial charge in [0.1, 0.15) is 6.61 Å². The van der Waals surface area contributed by atoms with Crippen LogP contribution >= 0.6 is 7.82 Å². The van der Waals surface area contributed by atoms with Gasteiger partial charge in [-0.1, -0.05) is 12.1 Å². The zero-order chi connectivity index (χ0) is 11.6. The number of phosphoric acid groups is 1. The quantitative estimate of drug-likeness (QED) is 0.772. The fourth-order valence-electron chi connectivity index (χ4n) is 1.33. The molecule has 1 aliphatic rings. The van der Waals surface area contributed by atoms with Crippen molar-refractivity contribution in [3.05, 3.63) is 24.3 Å². The van der Waals surface area contributed by atoms with Crippen LogP contribution in [0.15, 0.2) is 24.3 Å². The van der Waals surface area contributed by atoms with Crippen LogP contribution in [-0.2, 0) is 9.09 Å². The zero-order valence-electron chi connectivity index (χ0n) is 8.28. The van der Waals surface area contributed by atoms with E-state index in [1.165, 1.54) is 0 Å². The van der Waals surface area contributed by atoms with Gasteiger partial charge in [0, 0.05) is 0 Å². The molecule has 1 aliphatic heterocycles. The molecular weight excluding hydrogens is 235 g/mol. The highest BCUT2D eigenvalue weighted by Gasteiger charge is 2.24. The van der Waals surface area contributed by atoms with Gasteiger partial charge in [-0.2, -0.15) is 0 Å². The van der Waals surface area contributed by atoms with Crippen LogP contribution in [-0.4, -0.2) is 29.1 Å². The summed E-state index contributed by atoms with van der Waals surface area (Å²) in [6.07, 6.45) is -0.512. The van der Waals surface area contributed by atoms with Crippen LogP contribution in [0.4, 0.5) is 0 Å². The SMILES string of the molecule is O=P(O)(O)OCC1COc2ccccc2O1. The van der Waals surface area contributed by atoms with Crippen LogP contribution in [0.3, 0.4) is 0 Å². The van der Waals surface area contributed by atoms with E-state index in [2.05, 4.69) is 4.52 Å². The summed E-state index contributed by atoms with van der Waals surface area (Å²) in [5, 5.41) is 0. The van der Waals surface area contributed by atoms with Crippen LogP contribution in [0, 0.1) is 0 Å². The van der Waals surface area contributed by atoms with Crippen molar-refractivity contribution in [3.63, 3.8) is 0 Å². The lowest BCUT2D eigenvalue weighted by Gasteiger charge is -2.26. The minimum absolute atomic E-state index is 0.205. The second-order valence-corrected chi connectivity index (χ2v) is 4.52. The average Bonchev–Trinajstić information content (AvgIpc) is 2.25. The highest BCUT2D eigenvalue weighted by atomic mass is 31.2. The van der Waals surface area contributed by atoms with Crippen molar-refractivity contribution >= 4 is 7.82 Å². The van der Waals surface area contributed by atoms with Crippen LogP contribution in [0.2, 0.25) is 0 Å². The molecule has 0 fully saturated rings. The predicted octanol–water partition coefficient (Wildman–Crippen LogP) is 0.936. The Hall–Kier alpha value is -1.07. The van der Waals surface area contributed by atoms with Crippen LogP contribution in [0.1, 0.15) is 0 Å². The van der Waals surface area contributed by atoms with Crippen molar-refractivity contribution < 1.29 is 28.3 Å². The number of phosphoric ester groups is 1. The number of benzene rings is 1. The minimum atomic E-state index is -4.45. The molecule has 1 aromatic carbocycles. The van der Waals surface area contributed by atoms with E-state index < -0.39 is 13.9 Å². The number of para-hydroxylation sites is 2. The third-order valence-electron chi connectivity index (χ3n) is 2.00. The Morgan fingerprint density at radius 3 is 2.75 bits per heavy atom. The first-order valence-corrected chi connectivity index (χ1v) is 6.16. The summed E-state index contributed by atoms with van der Waals surface area (Å²) in [5.41, 5.74) is 0. The Bertz CT molecular complexity index is 414. The maximum atomic E-state index is 10.5. The van der Waals surface area contributed by atoms with Gasteiger partial charge >= 0.3 is 7.82 Å². The Kier molecular flexibility index (Phi) is 3.16. The van der Waals surface area contributed by atoms with Crippen molar-refractivity contribution in [2.45, 2.75) is 6.10 Å². The molecule has 6 nitrogen and oxygen atoms in total. The van der Waals surface area contributed by atoms with Crippen molar-refractivity contribution in [2.75, 3.05) is 13.2 Å². The van der Waals surface area contributed by atoms with E-state index in [-0.39, 0.29) is 13.2 Å². The summed E-state index contributed by atoms with van der Waals surface area (Å²) in [4.78, 5) is 17.1. The number of hydrogen-bond donors (Lipinski definition) is 2. The first kappa shape index (κ1) is 11.4. The molecule has 0 bridgehead atoms. The Labute approximate surface area is 92.0 Å². The Balaban J connectivity index is 1.95. The molecule has 1 atom stereocenters. The molecule has 2 N–H and O–H groups in total. The Morgan fingerprint density at radius 1 is 1.38 bits per heavy atom. The summed E-state index contributed by atoms with van der Waals surface area (Å²) >= 11 is 0. The third kappa shape index (κ3) is 2.96. The highest BCUT2D eigenvalue weighted by Crippen LogP contribution is 2.37. The molecule has 1 aromatic rings. The summed E-state index contributed by atoms with van der Waals surface area (Å²) in [6.45, 7) is -0.00434. The van der Waals surface area contributed by atoms with Crippen molar-refractivity contribution in [2.24, 2.45) is 0 Å². The van der Waals surface area contributed by atoms with Gasteiger partial charge in [0.2, 0.25) is 0 Å². The molecule has 16 heavy (non-hydrogen) atoms. The average molecular weight is 246 g/mol. The normalized spacial score (nSPS) is 19.5. The van der Waals surface area contributed by atoms with Gasteiger partial charge in [0.05, 0.1) is 6.61 Å². The van der Waals surface area contributed by atoms with Crippen LogP contribution in [0.25, 0.3) is 0 Å². The maximum Gasteiger partial charge on any atom is 0.469 e. The van der Waals surface area contributed by atoms with Crippen LogP contribution in [0.5, 0.6) is 11.5 Å².